The predicted octanol–water partition coefficient (Wildman–Crippen LogP) is 2.82. The maximum atomic E-state index is 11.7. The second-order valence-corrected chi connectivity index (χ2v) is 6.24. The molecular formula is C15H18N2O5S. The van der Waals surface area contributed by atoms with E-state index in [0.29, 0.717) is 6.54 Å². The van der Waals surface area contributed by atoms with E-state index in [9.17, 15) is 19.7 Å². The molecule has 1 amide bonds. The van der Waals surface area contributed by atoms with Gasteiger partial charge < -0.3 is 10.1 Å². The van der Waals surface area contributed by atoms with Crippen LogP contribution in [0.4, 0.5) is 5.00 Å². The fourth-order valence-corrected chi connectivity index (χ4v) is 3.00. The summed E-state index contributed by atoms with van der Waals surface area (Å²) in [5.41, 5.74) is 1.36. The summed E-state index contributed by atoms with van der Waals surface area (Å²) in [6.07, 6.45) is 7.66. The molecule has 0 aromatic carbocycles. The number of nitro groups is 1. The molecule has 124 valence electrons. The molecule has 1 aromatic rings. The quantitative estimate of drug-likeness (QED) is 0.357. The van der Waals surface area contributed by atoms with E-state index in [0.717, 1.165) is 30.6 Å². The Bertz CT molecular complexity index is 623. The van der Waals surface area contributed by atoms with Crippen LogP contribution in [0.2, 0.25) is 0 Å². The third-order valence-electron chi connectivity index (χ3n) is 3.46. The van der Waals surface area contributed by atoms with E-state index in [2.05, 4.69) is 11.4 Å². The van der Waals surface area contributed by atoms with Gasteiger partial charge in [-0.3, -0.25) is 14.9 Å². The van der Waals surface area contributed by atoms with Gasteiger partial charge >= 0.3 is 11.0 Å². The summed E-state index contributed by atoms with van der Waals surface area (Å²) in [7, 11) is 0. The van der Waals surface area contributed by atoms with E-state index in [1.165, 1.54) is 30.5 Å². The smallest absolute Gasteiger partial charge is 0.349 e. The van der Waals surface area contributed by atoms with Crippen LogP contribution in [0.5, 0.6) is 0 Å². The van der Waals surface area contributed by atoms with Crippen LogP contribution < -0.4 is 5.32 Å². The van der Waals surface area contributed by atoms with E-state index in [4.69, 9.17) is 4.74 Å². The molecule has 7 nitrogen and oxygen atoms in total. The van der Waals surface area contributed by atoms with Crippen molar-refractivity contribution in [2.24, 2.45) is 0 Å². The third-order valence-corrected chi connectivity index (χ3v) is 4.48. The van der Waals surface area contributed by atoms with Gasteiger partial charge in [-0.25, -0.2) is 4.79 Å². The largest absolute Gasteiger partial charge is 0.451 e. The fourth-order valence-electron chi connectivity index (χ4n) is 2.28. The molecule has 0 fully saturated rings. The van der Waals surface area contributed by atoms with Gasteiger partial charge in [0.2, 0.25) is 0 Å². The van der Waals surface area contributed by atoms with E-state index < -0.39 is 10.9 Å². The minimum Gasteiger partial charge on any atom is -0.451 e. The molecule has 1 N–H and O–H groups in total. The first-order valence-electron chi connectivity index (χ1n) is 7.42. The first-order chi connectivity index (χ1) is 11.1. The molecule has 0 saturated heterocycles. The number of carbonyl (C=O) groups excluding carboxylic acids is 2. The number of ether oxygens (including phenoxy) is 1. The van der Waals surface area contributed by atoms with Crippen LogP contribution in [0, 0.1) is 10.1 Å². The number of allylic oxidation sites excluding steroid dienone is 1. The summed E-state index contributed by atoms with van der Waals surface area (Å²) in [4.78, 5) is 33.4. The lowest BCUT2D eigenvalue weighted by Crippen LogP contribution is -2.29. The van der Waals surface area contributed by atoms with Crippen LogP contribution >= 0.6 is 11.3 Å². The predicted molar refractivity (Wildman–Crippen MR) is 85.4 cm³/mol. The Hall–Kier alpha value is -2.22. The zero-order chi connectivity index (χ0) is 16.7. The van der Waals surface area contributed by atoms with Crippen LogP contribution in [0.15, 0.2) is 23.8 Å². The molecule has 2 rings (SSSR count). The molecule has 1 aliphatic rings. The van der Waals surface area contributed by atoms with Crippen LogP contribution in [0.25, 0.3) is 0 Å². The van der Waals surface area contributed by atoms with Gasteiger partial charge in [-0.05, 0) is 38.2 Å². The van der Waals surface area contributed by atoms with Gasteiger partial charge in [-0.15, -0.1) is 0 Å². The molecule has 0 unspecified atom stereocenters. The zero-order valence-electron chi connectivity index (χ0n) is 12.6. The Balaban J connectivity index is 1.67. The Morgan fingerprint density at radius 1 is 1.35 bits per heavy atom. The maximum Gasteiger partial charge on any atom is 0.349 e. The third kappa shape index (κ3) is 5.48. The molecule has 0 aliphatic heterocycles. The molecule has 0 radical (unpaired) electrons. The highest BCUT2D eigenvalue weighted by atomic mass is 32.1. The highest BCUT2D eigenvalue weighted by Gasteiger charge is 2.17. The van der Waals surface area contributed by atoms with E-state index in [-0.39, 0.29) is 22.4 Å². The van der Waals surface area contributed by atoms with Crippen LogP contribution in [0.3, 0.4) is 0 Å². The summed E-state index contributed by atoms with van der Waals surface area (Å²) in [6.45, 7) is 0.135. The highest BCUT2D eigenvalue weighted by molar-refractivity contribution is 7.17. The van der Waals surface area contributed by atoms with Crippen molar-refractivity contribution < 1.29 is 19.2 Å². The van der Waals surface area contributed by atoms with Gasteiger partial charge in [0.25, 0.3) is 5.91 Å². The van der Waals surface area contributed by atoms with Gasteiger partial charge in [0.15, 0.2) is 6.61 Å². The number of esters is 1. The highest BCUT2D eigenvalue weighted by Crippen LogP contribution is 2.24. The van der Waals surface area contributed by atoms with Gasteiger partial charge in [0, 0.05) is 12.6 Å². The number of nitrogens with one attached hydrogen (secondary N) is 1. The molecule has 1 aliphatic carbocycles. The molecule has 1 heterocycles. The molecule has 23 heavy (non-hydrogen) atoms. The van der Waals surface area contributed by atoms with Crippen molar-refractivity contribution in [3.63, 3.8) is 0 Å². The summed E-state index contributed by atoms with van der Waals surface area (Å²) in [5.74, 6) is -1.10. The Morgan fingerprint density at radius 3 is 2.83 bits per heavy atom. The molecule has 8 heteroatoms. The molecular weight excluding hydrogens is 320 g/mol. The monoisotopic (exact) mass is 338 g/mol. The topological polar surface area (TPSA) is 98.5 Å². The lowest BCUT2D eigenvalue weighted by atomic mass is 9.97. The molecule has 0 atom stereocenters. The standard InChI is InChI=1S/C15H18N2O5S/c18-13(16-9-8-11-4-2-1-3-5-11)10-22-15(19)12-6-7-14(23-12)17(20)21/h4,6-7H,1-3,5,8-10H2,(H,16,18). The van der Waals surface area contributed by atoms with Crippen molar-refractivity contribution >= 4 is 28.2 Å². The summed E-state index contributed by atoms with van der Waals surface area (Å²) in [5, 5.41) is 13.1. The minimum atomic E-state index is -0.728. The van der Waals surface area contributed by atoms with Crippen molar-refractivity contribution in [2.75, 3.05) is 13.2 Å². The molecule has 0 spiro atoms. The van der Waals surface area contributed by atoms with Crippen molar-refractivity contribution in [2.45, 2.75) is 32.1 Å². The number of nitrogens with zero attached hydrogens (tertiary/aromatic N) is 1. The Kier molecular flexibility index (Phi) is 6.28. The first kappa shape index (κ1) is 17.1. The van der Waals surface area contributed by atoms with Crippen molar-refractivity contribution in [3.05, 3.63) is 38.8 Å². The second-order valence-electron chi connectivity index (χ2n) is 5.18. The summed E-state index contributed by atoms with van der Waals surface area (Å²) in [6, 6.07) is 2.55. The summed E-state index contributed by atoms with van der Waals surface area (Å²) >= 11 is 0.725. The molecule has 0 bridgehead atoms. The SMILES string of the molecule is O=C(COC(=O)c1ccc([N+](=O)[O-])s1)NCCC1=CCCCC1. The zero-order valence-corrected chi connectivity index (χ0v) is 13.4. The van der Waals surface area contributed by atoms with Gasteiger partial charge in [0.1, 0.15) is 4.88 Å². The normalized spacial score (nSPS) is 14.0. The molecule has 0 saturated carbocycles. The average Bonchev–Trinajstić information content (AvgIpc) is 3.04. The van der Waals surface area contributed by atoms with Crippen molar-refractivity contribution in [3.8, 4) is 0 Å². The number of hydrogen-bond donors (Lipinski definition) is 1. The Labute approximate surface area is 137 Å². The first-order valence-corrected chi connectivity index (χ1v) is 8.24. The van der Waals surface area contributed by atoms with E-state index >= 15 is 0 Å². The van der Waals surface area contributed by atoms with Gasteiger partial charge in [-0.2, -0.15) is 0 Å². The second kappa shape index (κ2) is 8.42. The number of thiophene rings is 1. The van der Waals surface area contributed by atoms with E-state index in [1.54, 1.807) is 0 Å². The number of hydrogen-bond acceptors (Lipinski definition) is 6. The fraction of sp³-hybridized carbons (Fsp3) is 0.467. The average molecular weight is 338 g/mol. The number of rotatable bonds is 7. The van der Waals surface area contributed by atoms with E-state index in [1.807, 2.05) is 0 Å². The van der Waals surface area contributed by atoms with Crippen LogP contribution in [0.1, 0.15) is 41.8 Å². The van der Waals surface area contributed by atoms with Crippen LogP contribution in [-0.4, -0.2) is 30.0 Å². The maximum absolute atomic E-state index is 11.7. The lowest BCUT2D eigenvalue weighted by molar-refractivity contribution is -0.380. The van der Waals surface area contributed by atoms with Crippen molar-refractivity contribution in [1.29, 1.82) is 0 Å². The summed E-state index contributed by atoms with van der Waals surface area (Å²) < 4.78 is 4.85. The molecule has 1 aromatic heterocycles. The number of amides is 1. The van der Waals surface area contributed by atoms with Crippen LogP contribution in [-0.2, 0) is 9.53 Å². The van der Waals surface area contributed by atoms with Crippen molar-refractivity contribution in [1.82, 2.24) is 5.32 Å². The van der Waals surface area contributed by atoms with Gasteiger partial charge in [-0.1, -0.05) is 23.0 Å². The Morgan fingerprint density at radius 2 is 2.17 bits per heavy atom. The van der Waals surface area contributed by atoms with Gasteiger partial charge in [0.05, 0.1) is 4.92 Å². The lowest BCUT2D eigenvalue weighted by Gasteiger charge is -2.12. The minimum absolute atomic E-state index is 0.108. The number of carbonyl (C=O) groups is 2.